The largest absolute Gasteiger partial charge is 0.376 e. The van der Waals surface area contributed by atoms with Crippen molar-refractivity contribution in [1.29, 1.82) is 0 Å². The Morgan fingerprint density at radius 1 is 1.11 bits per heavy atom. The van der Waals surface area contributed by atoms with E-state index in [1.807, 2.05) is 0 Å². The number of ether oxygens (including phenoxy) is 1. The van der Waals surface area contributed by atoms with Crippen LogP contribution in [-0.2, 0) is 4.74 Å². The van der Waals surface area contributed by atoms with Gasteiger partial charge < -0.3 is 10.1 Å². The van der Waals surface area contributed by atoms with Gasteiger partial charge in [0.2, 0.25) is 0 Å². The summed E-state index contributed by atoms with van der Waals surface area (Å²) in [6, 6.07) is 0. The van der Waals surface area contributed by atoms with Crippen LogP contribution in [-0.4, -0.2) is 25.3 Å². The lowest BCUT2D eigenvalue weighted by atomic mass is 9.88. The van der Waals surface area contributed by atoms with E-state index >= 15 is 0 Å². The summed E-state index contributed by atoms with van der Waals surface area (Å²) >= 11 is 0. The Morgan fingerprint density at radius 3 is 2.26 bits per heavy atom. The summed E-state index contributed by atoms with van der Waals surface area (Å²) < 4.78 is 5.92. The maximum Gasteiger partial charge on any atom is 0.0598 e. The predicted octanol–water partition coefficient (Wildman–Crippen LogP) is 4.24. The fraction of sp³-hybridized carbons (Fsp3) is 1.00. The molecule has 1 unspecified atom stereocenters. The highest BCUT2D eigenvalue weighted by molar-refractivity contribution is 4.77. The average molecular weight is 269 g/mol. The topological polar surface area (TPSA) is 21.3 Å². The molecule has 0 saturated heterocycles. The average Bonchev–Trinajstić information content (AvgIpc) is 2.78. The predicted molar refractivity (Wildman–Crippen MR) is 83.5 cm³/mol. The fourth-order valence-corrected chi connectivity index (χ4v) is 3.01. The zero-order valence-corrected chi connectivity index (χ0v) is 13.8. The van der Waals surface area contributed by atoms with Crippen LogP contribution in [0.25, 0.3) is 0 Å². The molecule has 1 atom stereocenters. The molecule has 0 spiro atoms. The third-order valence-electron chi connectivity index (χ3n) is 4.05. The molecule has 0 radical (unpaired) electrons. The van der Waals surface area contributed by atoms with Gasteiger partial charge in [-0.05, 0) is 58.0 Å². The summed E-state index contributed by atoms with van der Waals surface area (Å²) in [5.41, 5.74) is 0.00554. The van der Waals surface area contributed by atoms with Crippen LogP contribution in [0.15, 0.2) is 0 Å². The minimum Gasteiger partial charge on any atom is -0.376 e. The second kappa shape index (κ2) is 8.26. The molecule has 114 valence electrons. The molecule has 1 rings (SSSR count). The van der Waals surface area contributed by atoms with Gasteiger partial charge >= 0.3 is 0 Å². The molecule has 1 aliphatic rings. The van der Waals surface area contributed by atoms with E-state index in [1.165, 1.54) is 38.6 Å². The van der Waals surface area contributed by atoms with Crippen molar-refractivity contribution >= 4 is 0 Å². The normalized spacial score (nSPS) is 19.3. The van der Waals surface area contributed by atoms with Gasteiger partial charge in [0.25, 0.3) is 0 Å². The number of hydrogen-bond acceptors (Lipinski definition) is 2. The first-order chi connectivity index (χ1) is 8.88. The van der Waals surface area contributed by atoms with Gasteiger partial charge in [0.05, 0.1) is 5.60 Å². The van der Waals surface area contributed by atoms with Crippen LogP contribution in [0.4, 0.5) is 0 Å². The van der Waals surface area contributed by atoms with Crippen LogP contribution in [0.5, 0.6) is 0 Å². The van der Waals surface area contributed by atoms with Crippen molar-refractivity contribution in [2.24, 2.45) is 17.8 Å². The molecular formula is C17H35NO. The second-order valence-electron chi connectivity index (χ2n) is 7.61. The summed E-state index contributed by atoms with van der Waals surface area (Å²) in [4.78, 5) is 0. The third-order valence-corrected chi connectivity index (χ3v) is 4.05. The molecule has 2 heteroatoms. The molecule has 2 nitrogen and oxygen atoms in total. The van der Waals surface area contributed by atoms with Gasteiger partial charge in [-0.1, -0.05) is 39.5 Å². The first-order valence-electron chi connectivity index (χ1n) is 8.23. The zero-order valence-electron chi connectivity index (χ0n) is 13.8. The molecule has 0 aromatic carbocycles. The van der Waals surface area contributed by atoms with Crippen molar-refractivity contribution in [3.8, 4) is 0 Å². The first kappa shape index (κ1) is 17.0. The quantitative estimate of drug-likeness (QED) is 0.711. The van der Waals surface area contributed by atoms with Crippen LogP contribution in [0.1, 0.15) is 66.7 Å². The molecule has 1 aliphatic carbocycles. The molecule has 1 fully saturated rings. The van der Waals surface area contributed by atoms with Gasteiger partial charge in [-0.2, -0.15) is 0 Å². The van der Waals surface area contributed by atoms with Crippen LogP contribution in [0.2, 0.25) is 0 Å². The maximum atomic E-state index is 5.92. The van der Waals surface area contributed by atoms with E-state index in [4.69, 9.17) is 4.74 Å². The summed E-state index contributed by atoms with van der Waals surface area (Å²) in [5.74, 6) is 2.49. The monoisotopic (exact) mass is 269 g/mol. The van der Waals surface area contributed by atoms with Crippen LogP contribution < -0.4 is 5.32 Å². The van der Waals surface area contributed by atoms with Gasteiger partial charge in [0.1, 0.15) is 0 Å². The molecule has 0 aliphatic heterocycles. The molecule has 0 heterocycles. The molecule has 0 bridgehead atoms. The Balaban J connectivity index is 2.31. The SMILES string of the molecule is CC(C)CNCC(CCOC(C)(C)C)C1CCCC1. The summed E-state index contributed by atoms with van der Waals surface area (Å²) in [7, 11) is 0. The number of rotatable bonds is 8. The third kappa shape index (κ3) is 7.94. The van der Waals surface area contributed by atoms with Gasteiger partial charge in [-0.25, -0.2) is 0 Å². The lowest BCUT2D eigenvalue weighted by Gasteiger charge is -2.27. The van der Waals surface area contributed by atoms with E-state index in [1.54, 1.807) is 0 Å². The molecule has 1 saturated carbocycles. The van der Waals surface area contributed by atoms with E-state index in [9.17, 15) is 0 Å². The molecule has 0 aromatic heterocycles. The smallest absolute Gasteiger partial charge is 0.0598 e. The highest BCUT2D eigenvalue weighted by Gasteiger charge is 2.25. The Bertz CT molecular complexity index is 226. The summed E-state index contributed by atoms with van der Waals surface area (Å²) in [5, 5.41) is 3.65. The van der Waals surface area contributed by atoms with Gasteiger partial charge in [0.15, 0.2) is 0 Å². The lowest BCUT2D eigenvalue weighted by Crippen LogP contribution is -2.31. The second-order valence-corrected chi connectivity index (χ2v) is 7.61. The van der Waals surface area contributed by atoms with E-state index in [0.717, 1.165) is 30.9 Å². The summed E-state index contributed by atoms with van der Waals surface area (Å²) in [6.45, 7) is 14.2. The maximum absolute atomic E-state index is 5.92. The highest BCUT2D eigenvalue weighted by Crippen LogP contribution is 2.33. The van der Waals surface area contributed by atoms with E-state index < -0.39 is 0 Å². The van der Waals surface area contributed by atoms with Crippen molar-refractivity contribution in [2.45, 2.75) is 72.3 Å². The number of hydrogen-bond donors (Lipinski definition) is 1. The van der Waals surface area contributed by atoms with Gasteiger partial charge in [-0.3, -0.25) is 0 Å². The van der Waals surface area contributed by atoms with E-state index in [2.05, 4.69) is 39.9 Å². The minimum atomic E-state index is 0.00554. The van der Waals surface area contributed by atoms with Gasteiger partial charge in [-0.15, -0.1) is 0 Å². The van der Waals surface area contributed by atoms with Crippen LogP contribution in [0, 0.1) is 17.8 Å². The fourth-order valence-electron chi connectivity index (χ4n) is 3.01. The van der Waals surface area contributed by atoms with Crippen LogP contribution in [0.3, 0.4) is 0 Å². The van der Waals surface area contributed by atoms with Crippen LogP contribution >= 0.6 is 0 Å². The Hall–Kier alpha value is -0.0800. The lowest BCUT2D eigenvalue weighted by molar-refractivity contribution is -0.0121. The minimum absolute atomic E-state index is 0.00554. The van der Waals surface area contributed by atoms with Crippen molar-refractivity contribution in [3.05, 3.63) is 0 Å². The van der Waals surface area contributed by atoms with Gasteiger partial charge in [0, 0.05) is 6.61 Å². The Kier molecular flexibility index (Phi) is 7.38. The Morgan fingerprint density at radius 2 is 1.74 bits per heavy atom. The number of nitrogens with one attached hydrogen (secondary N) is 1. The standard InChI is InChI=1S/C17H35NO/c1-14(2)12-18-13-16(15-8-6-7-9-15)10-11-19-17(3,4)5/h14-16,18H,6-13H2,1-5H3. The summed E-state index contributed by atoms with van der Waals surface area (Å²) in [6.07, 6.45) is 6.96. The van der Waals surface area contributed by atoms with Crippen molar-refractivity contribution in [3.63, 3.8) is 0 Å². The molecule has 19 heavy (non-hydrogen) atoms. The van der Waals surface area contributed by atoms with E-state index in [0.29, 0.717) is 0 Å². The zero-order chi connectivity index (χ0) is 14.3. The highest BCUT2D eigenvalue weighted by atomic mass is 16.5. The first-order valence-corrected chi connectivity index (χ1v) is 8.23. The Labute approximate surface area is 120 Å². The van der Waals surface area contributed by atoms with Crippen molar-refractivity contribution in [1.82, 2.24) is 5.32 Å². The van der Waals surface area contributed by atoms with Crippen molar-refractivity contribution < 1.29 is 4.74 Å². The molecule has 0 amide bonds. The molecule has 0 aromatic rings. The molecular weight excluding hydrogens is 234 g/mol. The van der Waals surface area contributed by atoms with E-state index in [-0.39, 0.29) is 5.60 Å². The molecule has 1 N–H and O–H groups in total. The van der Waals surface area contributed by atoms with Crippen molar-refractivity contribution in [2.75, 3.05) is 19.7 Å².